The Bertz CT molecular complexity index is 1030. The van der Waals surface area contributed by atoms with Crippen molar-refractivity contribution in [2.75, 3.05) is 19.4 Å². The standard InChI is InChI=1S/C19H21N5O6S/c1-22(2)21-18(26)16-14-6-4-3-5-7-15(14)31-19(16)20-17(25)11-8-12(23(27)28)10-13(9-11)24(29)30/h8-10H,3-7H2,1-2H3,(H,20,25)(H,21,26). The van der Waals surface area contributed by atoms with Gasteiger partial charge < -0.3 is 5.32 Å². The number of carbonyl (C=O) groups is 2. The number of nitro groups is 2. The normalized spacial score (nSPS) is 13.3. The van der Waals surface area contributed by atoms with Crippen LogP contribution in [0.4, 0.5) is 16.4 Å². The van der Waals surface area contributed by atoms with E-state index >= 15 is 0 Å². The van der Waals surface area contributed by atoms with E-state index in [0.717, 1.165) is 54.3 Å². The Hall–Kier alpha value is -3.38. The van der Waals surface area contributed by atoms with Crippen molar-refractivity contribution in [1.82, 2.24) is 10.4 Å². The summed E-state index contributed by atoms with van der Waals surface area (Å²) in [6.45, 7) is 0. The highest BCUT2D eigenvalue weighted by Crippen LogP contribution is 2.38. The molecule has 164 valence electrons. The van der Waals surface area contributed by atoms with E-state index in [-0.39, 0.29) is 11.5 Å². The van der Waals surface area contributed by atoms with Gasteiger partial charge in [-0.3, -0.25) is 35.2 Å². The van der Waals surface area contributed by atoms with Gasteiger partial charge in [0, 0.05) is 31.1 Å². The van der Waals surface area contributed by atoms with Gasteiger partial charge in [-0.2, -0.15) is 0 Å². The number of nitrogens with one attached hydrogen (secondary N) is 2. The molecule has 1 aliphatic rings. The number of non-ortho nitro benzene ring substituents is 2. The van der Waals surface area contributed by atoms with Crippen molar-refractivity contribution in [1.29, 1.82) is 0 Å². The number of thiophene rings is 1. The molecule has 1 aromatic heterocycles. The van der Waals surface area contributed by atoms with Gasteiger partial charge in [-0.15, -0.1) is 11.3 Å². The van der Waals surface area contributed by atoms with Gasteiger partial charge in [0.15, 0.2) is 0 Å². The van der Waals surface area contributed by atoms with Crippen LogP contribution < -0.4 is 10.7 Å². The van der Waals surface area contributed by atoms with Crippen molar-refractivity contribution >= 4 is 39.5 Å². The smallest absolute Gasteiger partial charge is 0.277 e. The third-order valence-electron chi connectivity index (χ3n) is 4.79. The van der Waals surface area contributed by atoms with E-state index in [2.05, 4.69) is 10.7 Å². The second-order valence-electron chi connectivity index (χ2n) is 7.31. The Morgan fingerprint density at radius 3 is 2.16 bits per heavy atom. The number of nitrogens with zero attached hydrogens (tertiary/aromatic N) is 3. The summed E-state index contributed by atoms with van der Waals surface area (Å²) in [6, 6.07) is 2.74. The van der Waals surface area contributed by atoms with Crippen LogP contribution in [0.5, 0.6) is 0 Å². The minimum Gasteiger partial charge on any atom is -0.313 e. The fourth-order valence-corrected chi connectivity index (χ4v) is 4.72. The van der Waals surface area contributed by atoms with Crippen LogP contribution in [0.2, 0.25) is 0 Å². The number of rotatable bonds is 6. The molecule has 1 heterocycles. The fourth-order valence-electron chi connectivity index (χ4n) is 3.44. The Kier molecular flexibility index (Phi) is 6.61. The third kappa shape index (κ3) is 5.03. The second kappa shape index (κ2) is 9.18. The minimum atomic E-state index is -0.799. The van der Waals surface area contributed by atoms with Crippen LogP contribution in [0.3, 0.4) is 0 Å². The maximum Gasteiger partial charge on any atom is 0.277 e. The molecule has 0 aliphatic heterocycles. The first-order chi connectivity index (χ1) is 14.7. The summed E-state index contributed by atoms with van der Waals surface area (Å²) in [6.07, 6.45) is 4.46. The number of hydrazine groups is 1. The lowest BCUT2D eigenvalue weighted by molar-refractivity contribution is -0.394. The Morgan fingerprint density at radius 2 is 1.58 bits per heavy atom. The maximum atomic E-state index is 12.9. The number of nitro benzene ring substituents is 2. The third-order valence-corrected chi connectivity index (χ3v) is 5.99. The Labute approximate surface area is 181 Å². The summed E-state index contributed by atoms with van der Waals surface area (Å²) in [7, 11) is 3.34. The predicted molar refractivity (Wildman–Crippen MR) is 114 cm³/mol. The summed E-state index contributed by atoms with van der Waals surface area (Å²) in [5.41, 5.74) is 2.58. The molecule has 0 unspecified atom stereocenters. The number of carbonyl (C=O) groups excluding carboxylic acids is 2. The zero-order valence-corrected chi connectivity index (χ0v) is 17.8. The molecule has 0 radical (unpaired) electrons. The van der Waals surface area contributed by atoms with Gasteiger partial charge in [-0.05, 0) is 31.2 Å². The van der Waals surface area contributed by atoms with Crippen molar-refractivity contribution in [2.24, 2.45) is 0 Å². The zero-order valence-electron chi connectivity index (χ0n) is 17.0. The molecule has 0 fully saturated rings. The predicted octanol–water partition coefficient (Wildman–Crippen LogP) is 3.29. The second-order valence-corrected chi connectivity index (χ2v) is 8.42. The van der Waals surface area contributed by atoms with E-state index in [1.807, 2.05) is 0 Å². The molecular formula is C19H21N5O6S. The molecule has 0 atom stereocenters. The first-order valence-corrected chi connectivity index (χ1v) is 10.4. The molecule has 11 nitrogen and oxygen atoms in total. The van der Waals surface area contributed by atoms with Crippen molar-refractivity contribution in [2.45, 2.75) is 32.1 Å². The number of amides is 2. The van der Waals surface area contributed by atoms with E-state index in [1.54, 1.807) is 14.1 Å². The summed E-state index contributed by atoms with van der Waals surface area (Å²) >= 11 is 1.30. The number of benzene rings is 1. The molecule has 2 N–H and O–H groups in total. The van der Waals surface area contributed by atoms with Gasteiger partial charge in [0.1, 0.15) is 5.00 Å². The lowest BCUT2D eigenvalue weighted by Crippen LogP contribution is -2.36. The summed E-state index contributed by atoms with van der Waals surface area (Å²) < 4.78 is 0. The van der Waals surface area contributed by atoms with E-state index in [4.69, 9.17) is 0 Å². The fraction of sp³-hybridized carbons (Fsp3) is 0.368. The average Bonchev–Trinajstić information content (AvgIpc) is 2.87. The SMILES string of the molecule is CN(C)NC(=O)c1c(NC(=O)c2cc([N+](=O)[O-])cc([N+](=O)[O-])c2)sc2c1CCCCC2. The van der Waals surface area contributed by atoms with E-state index in [0.29, 0.717) is 17.0 Å². The van der Waals surface area contributed by atoms with Crippen molar-refractivity contribution < 1.29 is 19.4 Å². The van der Waals surface area contributed by atoms with E-state index in [9.17, 15) is 29.8 Å². The molecule has 0 saturated heterocycles. The van der Waals surface area contributed by atoms with Crippen LogP contribution in [0.15, 0.2) is 18.2 Å². The number of anilines is 1. The van der Waals surface area contributed by atoms with Gasteiger partial charge in [0.05, 0.1) is 27.0 Å². The molecule has 2 aromatic rings. The molecule has 31 heavy (non-hydrogen) atoms. The van der Waals surface area contributed by atoms with Gasteiger partial charge in [-0.25, -0.2) is 5.01 Å². The molecule has 0 bridgehead atoms. The number of hydrogen-bond acceptors (Lipinski definition) is 8. The average molecular weight is 447 g/mol. The highest BCUT2D eigenvalue weighted by atomic mass is 32.1. The molecule has 0 saturated carbocycles. The van der Waals surface area contributed by atoms with Crippen LogP contribution >= 0.6 is 11.3 Å². The largest absolute Gasteiger partial charge is 0.313 e. The van der Waals surface area contributed by atoms with Crippen molar-refractivity contribution in [3.8, 4) is 0 Å². The van der Waals surface area contributed by atoms with Crippen molar-refractivity contribution in [3.63, 3.8) is 0 Å². The zero-order chi connectivity index (χ0) is 22.7. The van der Waals surface area contributed by atoms with E-state index < -0.39 is 27.1 Å². The first-order valence-electron chi connectivity index (χ1n) is 9.55. The van der Waals surface area contributed by atoms with Gasteiger partial charge in [-0.1, -0.05) is 6.42 Å². The number of aryl methyl sites for hydroxylation is 1. The van der Waals surface area contributed by atoms with Crippen LogP contribution in [-0.2, 0) is 12.8 Å². The molecule has 1 aliphatic carbocycles. The molecular weight excluding hydrogens is 426 g/mol. The number of fused-ring (bicyclic) bond motifs is 1. The Morgan fingerprint density at radius 1 is 0.968 bits per heavy atom. The van der Waals surface area contributed by atoms with Crippen LogP contribution in [0.25, 0.3) is 0 Å². The number of hydrogen-bond donors (Lipinski definition) is 2. The Balaban J connectivity index is 2.00. The van der Waals surface area contributed by atoms with Gasteiger partial charge >= 0.3 is 0 Å². The topological polar surface area (TPSA) is 148 Å². The summed E-state index contributed by atoms with van der Waals surface area (Å²) in [5, 5.41) is 26.7. The summed E-state index contributed by atoms with van der Waals surface area (Å²) in [4.78, 5) is 47.4. The van der Waals surface area contributed by atoms with E-state index in [1.165, 1.54) is 16.3 Å². The minimum absolute atomic E-state index is 0.233. The maximum absolute atomic E-state index is 12.9. The van der Waals surface area contributed by atoms with Crippen molar-refractivity contribution in [3.05, 3.63) is 60.0 Å². The molecule has 12 heteroatoms. The highest BCUT2D eigenvalue weighted by molar-refractivity contribution is 7.17. The van der Waals surface area contributed by atoms with Crippen LogP contribution in [0, 0.1) is 20.2 Å². The van der Waals surface area contributed by atoms with Gasteiger partial charge in [0.25, 0.3) is 23.2 Å². The lowest BCUT2D eigenvalue weighted by atomic mass is 10.0. The molecule has 1 aromatic carbocycles. The molecule has 2 amide bonds. The molecule has 0 spiro atoms. The lowest BCUT2D eigenvalue weighted by Gasteiger charge is -2.14. The quantitative estimate of drug-likeness (QED) is 0.392. The summed E-state index contributed by atoms with van der Waals surface area (Å²) in [5.74, 6) is -1.13. The van der Waals surface area contributed by atoms with Gasteiger partial charge in [0.2, 0.25) is 0 Å². The molecule has 3 rings (SSSR count). The van der Waals surface area contributed by atoms with Crippen LogP contribution in [-0.4, -0.2) is 40.8 Å². The first kappa shape index (κ1) is 22.3. The highest BCUT2D eigenvalue weighted by Gasteiger charge is 2.27. The monoisotopic (exact) mass is 447 g/mol. The van der Waals surface area contributed by atoms with Crippen LogP contribution in [0.1, 0.15) is 50.4 Å².